The van der Waals surface area contributed by atoms with Crippen molar-refractivity contribution >= 4 is 10.0 Å². The van der Waals surface area contributed by atoms with Crippen LogP contribution < -0.4 is 10.5 Å². The number of nitrogens with zero attached hydrogens (tertiary/aromatic N) is 1. The van der Waals surface area contributed by atoms with Crippen molar-refractivity contribution in [2.75, 3.05) is 12.3 Å². The SMILES string of the molecule is CCCCC(CN)NS(=O)(=O)CCc1ccncc1. The number of rotatable bonds is 9. The summed E-state index contributed by atoms with van der Waals surface area (Å²) in [5.41, 5.74) is 6.56. The van der Waals surface area contributed by atoms with Gasteiger partial charge in [0.05, 0.1) is 5.75 Å². The molecule has 0 aliphatic rings. The molecule has 3 N–H and O–H groups in total. The summed E-state index contributed by atoms with van der Waals surface area (Å²) in [6.07, 6.45) is 6.63. The molecule has 0 aliphatic heterocycles. The average molecular weight is 285 g/mol. The third-order valence-electron chi connectivity index (χ3n) is 2.95. The van der Waals surface area contributed by atoms with Crippen LogP contribution in [-0.4, -0.2) is 31.7 Å². The quantitative estimate of drug-likeness (QED) is 0.710. The standard InChI is InChI=1S/C13H23N3O2S/c1-2-3-4-13(11-14)16-19(17,18)10-7-12-5-8-15-9-6-12/h5-6,8-9,13,16H,2-4,7,10-11,14H2,1H3. The van der Waals surface area contributed by atoms with E-state index >= 15 is 0 Å². The molecular formula is C13H23N3O2S. The van der Waals surface area contributed by atoms with E-state index in [1.165, 1.54) is 0 Å². The first-order chi connectivity index (χ1) is 9.07. The Morgan fingerprint density at radius 3 is 2.63 bits per heavy atom. The highest BCUT2D eigenvalue weighted by molar-refractivity contribution is 7.89. The van der Waals surface area contributed by atoms with Gasteiger partial charge in [-0.15, -0.1) is 0 Å². The number of unbranched alkanes of at least 4 members (excludes halogenated alkanes) is 1. The second-order valence-electron chi connectivity index (χ2n) is 4.62. The molecule has 0 aliphatic carbocycles. The highest BCUT2D eigenvalue weighted by Crippen LogP contribution is 2.04. The molecule has 0 saturated heterocycles. The van der Waals surface area contributed by atoms with Crippen LogP contribution in [0.2, 0.25) is 0 Å². The minimum atomic E-state index is -3.27. The van der Waals surface area contributed by atoms with Gasteiger partial charge in [-0.25, -0.2) is 13.1 Å². The Bertz CT molecular complexity index is 448. The summed E-state index contributed by atoms with van der Waals surface area (Å²) in [6, 6.07) is 3.50. The van der Waals surface area contributed by atoms with Gasteiger partial charge in [-0.1, -0.05) is 19.8 Å². The second-order valence-corrected chi connectivity index (χ2v) is 6.49. The van der Waals surface area contributed by atoms with Gasteiger partial charge >= 0.3 is 0 Å². The lowest BCUT2D eigenvalue weighted by Gasteiger charge is -2.16. The maximum Gasteiger partial charge on any atom is 0.212 e. The molecule has 108 valence electrons. The maximum atomic E-state index is 12.0. The van der Waals surface area contributed by atoms with E-state index in [4.69, 9.17) is 5.73 Å². The Balaban J connectivity index is 2.46. The lowest BCUT2D eigenvalue weighted by molar-refractivity contribution is 0.516. The largest absolute Gasteiger partial charge is 0.329 e. The van der Waals surface area contributed by atoms with Crippen LogP contribution in [0.15, 0.2) is 24.5 Å². The van der Waals surface area contributed by atoms with E-state index in [9.17, 15) is 8.42 Å². The van der Waals surface area contributed by atoms with Crippen LogP contribution >= 0.6 is 0 Å². The summed E-state index contributed by atoms with van der Waals surface area (Å²) in [4.78, 5) is 3.90. The van der Waals surface area contributed by atoms with Crippen LogP contribution in [0.3, 0.4) is 0 Å². The summed E-state index contributed by atoms with van der Waals surface area (Å²) in [5.74, 6) is 0.0830. The van der Waals surface area contributed by atoms with Gasteiger partial charge in [-0.3, -0.25) is 4.98 Å². The fourth-order valence-electron chi connectivity index (χ4n) is 1.79. The van der Waals surface area contributed by atoms with Gasteiger partial charge in [0.15, 0.2) is 0 Å². The fourth-order valence-corrected chi connectivity index (χ4v) is 3.13. The van der Waals surface area contributed by atoms with Gasteiger partial charge in [0.1, 0.15) is 0 Å². The smallest absolute Gasteiger partial charge is 0.212 e. The molecule has 0 amide bonds. The molecule has 0 aromatic carbocycles. The molecule has 1 rings (SSSR count). The first-order valence-electron chi connectivity index (χ1n) is 6.66. The minimum absolute atomic E-state index is 0.0830. The van der Waals surface area contributed by atoms with Gasteiger partial charge < -0.3 is 5.73 Å². The van der Waals surface area contributed by atoms with Gasteiger partial charge in [0.2, 0.25) is 10.0 Å². The summed E-state index contributed by atoms with van der Waals surface area (Å²) >= 11 is 0. The first kappa shape index (κ1) is 16.1. The first-order valence-corrected chi connectivity index (χ1v) is 8.31. The average Bonchev–Trinajstić information content (AvgIpc) is 2.42. The summed E-state index contributed by atoms with van der Waals surface area (Å²) in [7, 11) is -3.27. The Labute approximate surface area is 115 Å². The molecule has 0 spiro atoms. The maximum absolute atomic E-state index is 12.0. The zero-order chi connectivity index (χ0) is 14.1. The van der Waals surface area contributed by atoms with Gasteiger partial charge in [0, 0.05) is 25.0 Å². The van der Waals surface area contributed by atoms with Crippen molar-refractivity contribution in [3.05, 3.63) is 30.1 Å². The molecule has 1 aromatic heterocycles. The molecule has 0 bridgehead atoms. The molecule has 1 heterocycles. The number of hydrogen-bond donors (Lipinski definition) is 2. The van der Waals surface area contributed by atoms with E-state index < -0.39 is 10.0 Å². The molecule has 0 fully saturated rings. The van der Waals surface area contributed by atoms with Crippen molar-refractivity contribution in [2.24, 2.45) is 5.73 Å². The summed E-state index contributed by atoms with van der Waals surface area (Å²) in [5, 5.41) is 0. The molecular weight excluding hydrogens is 262 g/mol. The number of nitrogens with one attached hydrogen (secondary N) is 1. The highest BCUT2D eigenvalue weighted by Gasteiger charge is 2.16. The Morgan fingerprint density at radius 1 is 1.37 bits per heavy atom. The zero-order valence-corrected chi connectivity index (χ0v) is 12.2. The summed E-state index contributed by atoms with van der Waals surface area (Å²) < 4.78 is 26.6. The summed E-state index contributed by atoms with van der Waals surface area (Å²) in [6.45, 7) is 2.42. The van der Waals surface area contributed by atoms with Crippen LogP contribution in [0, 0.1) is 0 Å². The topological polar surface area (TPSA) is 85.1 Å². The van der Waals surface area contributed by atoms with Gasteiger partial charge in [-0.2, -0.15) is 0 Å². The molecule has 1 unspecified atom stereocenters. The Kier molecular flexibility index (Phi) is 6.97. The number of pyridine rings is 1. The molecule has 0 saturated carbocycles. The molecule has 19 heavy (non-hydrogen) atoms. The van der Waals surface area contributed by atoms with E-state index in [-0.39, 0.29) is 11.8 Å². The van der Waals surface area contributed by atoms with E-state index in [2.05, 4.69) is 16.6 Å². The molecule has 5 nitrogen and oxygen atoms in total. The van der Waals surface area contributed by atoms with Crippen molar-refractivity contribution in [3.8, 4) is 0 Å². The number of nitrogens with two attached hydrogens (primary N) is 1. The van der Waals surface area contributed by atoms with Crippen molar-refractivity contribution in [1.82, 2.24) is 9.71 Å². The van der Waals surface area contributed by atoms with E-state index in [1.54, 1.807) is 12.4 Å². The van der Waals surface area contributed by atoms with Crippen LogP contribution in [0.1, 0.15) is 31.7 Å². The molecule has 1 atom stereocenters. The Morgan fingerprint density at radius 2 is 2.05 bits per heavy atom. The minimum Gasteiger partial charge on any atom is -0.329 e. The molecule has 0 radical (unpaired) electrons. The number of aryl methyl sites for hydroxylation is 1. The highest BCUT2D eigenvalue weighted by atomic mass is 32.2. The van der Waals surface area contributed by atoms with Crippen molar-refractivity contribution in [3.63, 3.8) is 0 Å². The fraction of sp³-hybridized carbons (Fsp3) is 0.615. The third-order valence-corrected chi connectivity index (χ3v) is 4.38. The van der Waals surface area contributed by atoms with Crippen LogP contribution in [-0.2, 0) is 16.4 Å². The monoisotopic (exact) mass is 285 g/mol. The lowest BCUT2D eigenvalue weighted by Crippen LogP contribution is -2.41. The number of sulfonamides is 1. The normalized spacial score (nSPS) is 13.4. The molecule has 1 aromatic rings. The van der Waals surface area contributed by atoms with Crippen LogP contribution in [0.5, 0.6) is 0 Å². The zero-order valence-electron chi connectivity index (χ0n) is 11.4. The van der Waals surface area contributed by atoms with Crippen molar-refractivity contribution in [1.29, 1.82) is 0 Å². The van der Waals surface area contributed by atoms with Gasteiger partial charge in [0.25, 0.3) is 0 Å². The second kappa shape index (κ2) is 8.24. The molecule has 6 heteroatoms. The van der Waals surface area contributed by atoms with Crippen molar-refractivity contribution < 1.29 is 8.42 Å². The van der Waals surface area contributed by atoms with Crippen LogP contribution in [0.25, 0.3) is 0 Å². The predicted molar refractivity (Wildman–Crippen MR) is 77.2 cm³/mol. The van der Waals surface area contributed by atoms with Crippen molar-refractivity contribution in [2.45, 2.75) is 38.6 Å². The lowest BCUT2D eigenvalue weighted by atomic mass is 10.1. The number of aromatic nitrogens is 1. The van der Waals surface area contributed by atoms with E-state index in [0.29, 0.717) is 13.0 Å². The predicted octanol–water partition coefficient (Wildman–Crippen LogP) is 1.06. The van der Waals surface area contributed by atoms with E-state index in [1.807, 2.05) is 12.1 Å². The Hall–Kier alpha value is -0.980. The van der Waals surface area contributed by atoms with E-state index in [0.717, 1.165) is 24.8 Å². The van der Waals surface area contributed by atoms with Gasteiger partial charge in [-0.05, 0) is 30.5 Å². The number of hydrogen-bond acceptors (Lipinski definition) is 4. The third kappa shape index (κ3) is 6.66. The van der Waals surface area contributed by atoms with Crippen LogP contribution in [0.4, 0.5) is 0 Å².